The van der Waals surface area contributed by atoms with Gasteiger partial charge in [0.05, 0.1) is 0 Å². The maximum atomic E-state index is 3.87. The number of aryl methyl sites for hydroxylation is 1. The van der Waals surface area contributed by atoms with Crippen molar-refractivity contribution in [2.45, 2.75) is 12.1 Å². The van der Waals surface area contributed by atoms with Crippen molar-refractivity contribution >= 4 is 27.7 Å². The van der Waals surface area contributed by atoms with Crippen LogP contribution < -0.4 is 0 Å². The molecule has 0 fully saturated rings. The number of rotatable bonds is 4. The van der Waals surface area contributed by atoms with E-state index in [2.05, 4.69) is 38.4 Å². The highest BCUT2D eigenvalue weighted by molar-refractivity contribution is 9.09. The number of nitrogens with zero attached hydrogens (tertiary/aromatic N) is 4. The van der Waals surface area contributed by atoms with E-state index < -0.39 is 0 Å². The van der Waals surface area contributed by atoms with Crippen molar-refractivity contribution in [3.8, 4) is 0 Å². The highest BCUT2D eigenvalue weighted by Crippen LogP contribution is 2.17. The lowest BCUT2D eigenvalue weighted by atomic mass is 10.3. The summed E-state index contributed by atoms with van der Waals surface area (Å²) < 4.78 is 1.69. The summed E-state index contributed by atoms with van der Waals surface area (Å²) in [6, 6.07) is 0. The van der Waals surface area contributed by atoms with Crippen LogP contribution in [0.4, 0.5) is 0 Å². The Labute approximate surface area is 84.2 Å². The second-order valence-corrected chi connectivity index (χ2v) is 4.29. The van der Waals surface area contributed by atoms with E-state index in [0.717, 1.165) is 16.2 Å². The standard InChI is InChI=1S/C6H11BrN4S/c1-5(3-7)4-12-6-8-9-10-11(6)2/h5H,3-4H2,1-2H3. The van der Waals surface area contributed by atoms with Crippen molar-refractivity contribution in [1.29, 1.82) is 0 Å². The highest BCUT2D eigenvalue weighted by atomic mass is 79.9. The molecule has 0 N–H and O–H groups in total. The summed E-state index contributed by atoms with van der Waals surface area (Å²) in [6.45, 7) is 2.19. The van der Waals surface area contributed by atoms with Gasteiger partial charge in [0.2, 0.25) is 5.16 Å². The van der Waals surface area contributed by atoms with Crippen LogP contribution in [0.25, 0.3) is 0 Å². The molecule has 1 aromatic heterocycles. The monoisotopic (exact) mass is 250 g/mol. The number of halogens is 1. The summed E-state index contributed by atoms with van der Waals surface area (Å²) in [4.78, 5) is 0. The minimum Gasteiger partial charge on any atom is -0.224 e. The van der Waals surface area contributed by atoms with Gasteiger partial charge in [-0.3, -0.25) is 0 Å². The fourth-order valence-electron chi connectivity index (χ4n) is 0.605. The zero-order valence-electron chi connectivity index (χ0n) is 7.07. The van der Waals surface area contributed by atoms with E-state index in [9.17, 15) is 0 Å². The third-order valence-corrected chi connectivity index (χ3v) is 3.79. The normalized spacial score (nSPS) is 13.2. The van der Waals surface area contributed by atoms with Crippen molar-refractivity contribution in [1.82, 2.24) is 20.2 Å². The molecular formula is C6H11BrN4S. The summed E-state index contributed by atoms with van der Waals surface area (Å²) in [6.07, 6.45) is 0. The Kier molecular flexibility index (Phi) is 4.00. The van der Waals surface area contributed by atoms with Crippen LogP contribution in [0.3, 0.4) is 0 Å². The lowest BCUT2D eigenvalue weighted by Gasteiger charge is -2.04. The smallest absolute Gasteiger partial charge is 0.209 e. The van der Waals surface area contributed by atoms with Gasteiger partial charge in [0.15, 0.2) is 0 Å². The van der Waals surface area contributed by atoms with Crippen LogP contribution in [-0.4, -0.2) is 31.3 Å². The first-order chi connectivity index (χ1) is 5.74. The van der Waals surface area contributed by atoms with Crippen LogP contribution in [-0.2, 0) is 7.05 Å². The molecule has 0 bridgehead atoms. The average molecular weight is 251 g/mol. The van der Waals surface area contributed by atoms with Crippen LogP contribution in [0.5, 0.6) is 0 Å². The van der Waals surface area contributed by atoms with Crippen molar-refractivity contribution in [2.75, 3.05) is 11.1 Å². The van der Waals surface area contributed by atoms with Crippen molar-refractivity contribution in [3.63, 3.8) is 0 Å². The Morgan fingerprint density at radius 1 is 1.67 bits per heavy atom. The van der Waals surface area contributed by atoms with Gasteiger partial charge in [0, 0.05) is 18.1 Å². The Hall–Kier alpha value is -0.100. The maximum absolute atomic E-state index is 3.87. The number of thioether (sulfide) groups is 1. The van der Waals surface area contributed by atoms with Crippen LogP contribution in [0.1, 0.15) is 6.92 Å². The second kappa shape index (κ2) is 4.81. The molecular weight excluding hydrogens is 240 g/mol. The summed E-state index contributed by atoms with van der Waals surface area (Å²) in [5.74, 6) is 1.69. The molecule has 1 rings (SSSR count). The zero-order valence-corrected chi connectivity index (χ0v) is 9.47. The van der Waals surface area contributed by atoms with Gasteiger partial charge in [-0.2, -0.15) is 0 Å². The summed E-state index contributed by atoms with van der Waals surface area (Å²) >= 11 is 5.11. The second-order valence-electron chi connectivity index (χ2n) is 2.66. The third kappa shape index (κ3) is 2.75. The summed E-state index contributed by atoms with van der Waals surface area (Å²) in [5, 5.41) is 13.1. The van der Waals surface area contributed by atoms with Gasteiger partial charge in [-0.1, -0.05) is 34.6 Å². The van der Waals surface area contributed by atoms with Crippen molar-refractivity contribution in [2.24, 2.45) is 13.0 Å². The predicted octanol–water partition coefficient (Wildman–Crippen LogP) is 1.33. The van der Waals surface area contributed by atoms with Gasteiger partial charge in [-0.25, -0.2) is 4.68 Å². The molecule has 6 heteroatoms. The van der Waals surface area contributed by atoms with Gasteiger partial charge in [-0.05, 0) is 16.3 Å². The van der Waals surface area contributed by atoms with Gasteiger partial charge >= 0.3 is 0 Å². The maximum Gasteiger partial charge on any atom is 0.209 e. The molecule has 12 heavy (non-hydrogen) atoms. The molecule has 68 valence electrons. The van der Waals surface area contributed by atoms with Crippen LogP contribution in [0.2, 0.25) is 0 Å². The number of alkyl halides is 1. The van der Waals surface area contributed by atoms with Gasteiger partial charge in [0.25, 0.3) is 0 Å². The fourth-order valence-corrected chi connectivity index (χ4v) is 2.01. The molecule has 0 saturated carbocycles. The first-order valence-corrected chi connectivity index (χ1v) is 5.76. The van der Waals surface area contributed by atoms with E-state index in [1.54, 1.807) is 16.4 Å². The zero-order chi connectivity index (χ0) is 8.97. The largest absolute Gasteiger partial charge is 0.224 e. The molecule has 0 spiro atoms. The number of hydrogen-bond donors (Lipinski definition) is 0. The third-order valence-electron chi connectivity index (χ3n) is 1.34. The lowest BCUT2D eigenvalue weighted by Crippen LogP contribution is -2.01. The summed E-state index contributed by atoms with van der Waals surface area (Å²) in [5.41, 5.74) is 0. The molecule has 1 unspecified atom stereocenters. The molecule has 1 heterocycles. The van der Waals surface area contributed by atoms with Gasteiger partial charge < -0.3 is 0 Å². The Bertz CT molecular complexity index is 239. The molecule has 0 saturated heterocycles. The molecule has 1 atom stereocenters. The van der Waals surface area contributed by atoms with Crippen LogP contribution in [0.15, 0.2) is 5.16 Å². The molecule has 4 nitrogen and oxygen atoms in total. The SMILES string of the molecule is CC(CBr)CSc1nnnn1C. The minimum absolute atomic E-state index is 0.645. The Balaban J connectivity index is 2.38. The molecule has 0 aromatic carbocycles. The molecule has 0 aliphatic rings. The fraction of sp³-hybridized carbons (Fsp3) is 0.833. The molecule has 0 aliphatic carbocycles. The van der Waals surface area contributed by atoms with E-state index in [4.69, 9.17) is 0 Å². The number of tetrazole rings is 1. The topological polar surface area (TPSA) is 43.6 Å². The summed E-state index contributed by atoms with van der Waals surface area (Å²) in [7, 11) is 1.85. The van der Waals surface area contributed by atoms with E-state index in [-0.39, 0.29) is 0 Å². The quantitative estimate of drug-likeness (QED) is 0.598. The minimum atomic E-state index is 0.645. The Morgan fingerprint density at radius 2 is 2.42 bits per heavy atom. The van der Waals surface area contributed by atoms with E-state index >= 15 is 0 Å². The molecule has 0 amide bonds. The molecule has 0 aliphatic heterocycles. The van der Waals surface area contributed by atoms with Crippen molar-refractivity contribution < 1.29 is 0 Å². The van der Waals surface area contributed by atoms with E-state index in [1.807, 2.05) is 7.05 Å². The van der Waals surface area contributed by atoms with Crippen LogP contribution >= 0.6 is 27.7 Å². The molecule has 0 radical (unpaired) electrons. The van der Waals surface area contributed by atoms with Gasteiger partial charge in [-0.15, -0.1) is 5.10 Å². The van der Waals surface area contributed by atoms with Crippen molar-refractivity contribution in [3.05, 3.63) is 0 Å². The predicted molar refractivity (Wildman–Crippen MR) is 52.5 cm³/mol. The number of aromatic nitrogens is 4. The number of hydrogen-bond acceptors (Lipinski definition) is 4. The molecule has 1 aromatic rings. The lowest BCUT2D eigenvalue weighted by molar-refractivity contribution is 0.662. The van der Waals surface area contributed by atoms with E-state index in [0.29, 0.717) is 5.92 Å². The van der Waals surface area contributed by atoms with E-state index in [1.165, 1.54) is 0 Å². The average Bonchev–Trinajstić information content (AvgIpc) is 2.47. The first kappa shape index (κ1) is 9.98. The van der Waals surface area contributed by atoms with Gasteiger partial charge in [0.1, 0.15) is 0 Å². The highest BCUT2D eigenvalue weighted by Gasteiger charge is 2.05. The Morgan fingerprint density at radius 3 is 2.92 bits per heavy atom. The van der Waals surface area contributed by atoms with Crippen LogP contribution in [0, 0.1) is 5.92 Å². The first-order valence-electron chi connectivity index (χ1n) is 3.65.